The second-order valence-corrected chi connectivity index (χ2v) is 4.15. The zero-order chi connectivity index (χ0) is 13.1. The summed E-state index contributed by atoms with van der Waals surface area (Å²) >= 11 is 0. The number of halogens is 1. The Morgan fingerprint density at radius 2 is 1.89 bits per heavy atom. The second-order valence-electron chi connectivity index (χ2n) is 4.15. The predicted octanol–water partition coefficient (Wildman–Crippen LogP) is 2.65. The van der Waals surface area contributed by atoms with E-state index in [1.54, 1.807) is 12.1 Å². The summed E-state index contributed by atoms with van der Waals surface area (Å²) in [5.41, 5.74) is 6.55. The summed E-state index contributed by atoms with van der Waals surface area (Å²) in [4.78, 5) is 8.07. The molecule has 1 aromatic carbocycles. The first-order chi connectivity index (χ1) is 8.56. The van der Waals surface area contributed by atoms with Gasteiger partial charge in [0.05, 0.1) is 24.2 Å². The molecule has 2 aromatic rings. The molecule has 0 saturated carbocycles. The highest BCUT2D eigenvalue weighted by Crippen LogP contribution is 2.24. The van der Waals surface area contributed by atoms with Crippen LogP contribution in [-0.4, -0.2) is 16.1 Å². The van der Waals surface area contributed by atoms with E-state index in [-0.39, 0.29) is 11.9 Å². The highest BCUT2D eigenvalue weighted by Gasteiger charge is 2.09. The molecule has 1 aromatic heterocycles. The highest BCUT2D eigenvalue weighted by molar-refractivity contribution is 5.57. The highest BCUT2D eigenvalue weighted by atomic mass is 19.1. The molecule has 18 heavy (non-hydrogen) atoms. The first-order valence-corrected chi connectivity index (χ1v) is 5.60. The van der Waals surface area contributed by atoms with Crippen molar-refractivity contribution in [2.75, 3.05) is 5.73 Å². The summed E-state index contributed by atoms with van der Waals surface area (Å²) in [5.74, 6) is 0.227. The van der Waals surface area contributed by atoms with Crippen LogP contribution in [0, 0.1) is 5.82 Å². The summed E-state index contributed by atoms with van der Waals surface area (Å²) in [7, 11) is 0. The first-order valence-electron chi connectivity index (χ1n) is 5.60. The maximum Gasteiger partial charge on any atom is 0.165 e. The lowest BCUT2D eigenvalue weighted by molar-refractivity contribution is 0.231. The Kier molecular flexibility index (Phi) is 3.41. The van der Waals surface area contributed by atoms with Gasteiger partial charge in [0.1, 0.15) is 0 Å². The van der Waals surface area contributed by atoms with Crippen molar-refractivity contribution in [2.24, 2.45) is 0 Å². The average molecular weight is 247 g/mol. The summed E-state index contributed by atoms with van der Waals surface area (Å²) in [6.07, 6.45) is 2.90. The van der Waals surface area contributed by atoms with Gasteiger partial charge in [-0.15, -0.1) is 0 Å². The summed E-state index contributed by atoms with van der Waals surface area (Å²) in [6.45, 7) is 3.69. The van der Waals surface area contributed by atoms with Gasteiger partial charge in [-0.25, -0.2) is 14.4 Å². The molecule has 2 rings (SSSR count). The van der Waals surface area contributed by atoms with Gasteiger partial charge < -0.3 is 10.5 Å². The molecule has 0 bridgehead atoms. The zero-order valence-electron chi connectivity index (χ0n) is 10.2. The molecule has 2 N–H and O–H groups in total. The van der Waals surface area contributed by atoms with E-state index in [2.05, 4.69) is 9.97 Å². The molecule has 0 spiro atoms. The third kappa shape index (κ3) is 2.74. The zero-order valence-corrected chi connectivity index (χ0v) is 10.2. The summed E-state index contributed by atoms with van der Waals surface area (Å²) < 4.78 is 19.1. The lowest BCUT2D eigenvalue weighted by Gasteiger charge is -2.11. The van der Waals surface area contributed by atoms with Gasteiger partial charge in [0, 0.05) is 5.56 Å². The number of hydrogen-bond donors (Lipinski definition) is 1. The van der Waals surface area contributed by atoms with Crippen LogP contribution in [0.3, 0.4) is 0 Å². The van der Waals surface area contributed by atoms with Crippen molar-refractivity contribution >= 4 is 5.69 Å². The smallest absolute Gasteiger partial charge is 0.165 e. The number of anilines is 1. The van der Waals surface area contributed by atoms with E-state index in [0.717, 1.165) is 0 Å². The number of aromatic nitrogens is 2. The Hall–Kier alpha value is -2.17. The first kappa shape index (κ1) is 12.3. The van der Waals surface area contributed by atoms with Gasteiger partial charge in [-0.2, -0.15) is 0 Å². The van der Waals surface area contributed by atoms with Gasteiger partial charge in [0.15, 0.2) is 17.4 Å². The number of benzene rings is 1. The fraction of sp³-hybridized carbons (Fsp3) is 0.231. The fourth-order valence-electron chi connectivity index (χ4n) is 1.48. The molecule has 1 heterocycles. The van der Waals surface area contributed by atoms with Crippen LogP contribution < -0.4 is 10.5 Å². The van der Waals surface area contributed by atoms with Crippen LogP contribution >= 0.6 is 0 Å². The Morgan fingerprint density at radius 1 is 1.22 bits per heavy atom. The molecule has 0 aliphatic carbocycles. The Labute approximate surface area is 105 Å². The van der Waals surface area contributed by atoms with Gasteiger partial charge in [0.25, 0.3) is 0 Å². The number of rotatable bonds is 3. The van der Waals surface area contributed by atoms with Crippen molar-refractivity contribution in [3.8, 4) is 17.1 Å². The molecule has 94 valence electrons. The number of nitrogen functional groups attached to an aromatic ring is 1. The summed E-state index contributed by atoms with van der Waals surface area (Å²) in [5, 5.41) is 0. The van der Waals surface area contributed by atoms with Gasteiger partial charge >= 0.3 is 0 Å². The molecule has 0 atom stereocenters. The van der Waals surface area contributed by atoms with Gasteiger partial charge in [0.2, 0.25) is 0 Å². The molecule has 0 unspecified atom stereocenters. The van der Waals surface area contributed by atoms with Gasteiger partial charge in [-0.1, -0.05) is 0 Å². The average Bonchev–Trinajstić information content (AvgIpc) is 2.32. The SMILES string of the molecule is CC(C)Oc1ccc(-c2ncc(N)cn2)cc1F. The molecular weight excluding hydrogens is 233 g/mol. The van der Waals surface area contributed by atoms with E-state index >= 15 is 0 Å². The van der Waals surface area contributed by atoms with Crippen molar-refractivity contribution in [2.45, 2.75) is 20.0 Å². The minimum atomic E-state index is -0.429. The lowest BCUT2D eigenvalue weighted by Crippen LogP contribution is -2.07. The number of nitrogens with two attached hydrogens (primary N) is 1. The van der Waals surface area contributed by atoms with Crippen molar-refractivity contribution in [3.63, 3.8) is 0 Å². The predicted molar refractivity (Wildman–Crippen MR) is 67.6 cm³/mol. The van der Waals surface area contributed by atoms with Crippen LogP contribution in [0.25, 0.3) is 11.4 Å². The minimum absolute atomic E-state index is 0.0712. The van der Waals surface area contributed by atoms with Crippen molar-refractivity contribution in [1.82, 2.24) is 9.97 Å². The molecule has 0 radical (unpaired) electrons. The lowest BCUT2D eigenvalue weighted by atomic mass is 10.2. The second kappa shape index (κ2) is 5.00. The van der Waals surface area contributed by atoms with E-state index in [9.17, 15) is 4.39 Å². The third-order valence-corrected chi connectivity index (χ3v) is 2.22. The topological polar surface area (TPSA) is 61.0 Å². The van der Waals surface area contributed by atoms with Crippen LogP contribution in [0.5, 0.6) is 5.75 Å². The Morgan fingerprint density at radius 3 is 2.44 bits per heavy atom. The number of hydrogen-bond acceptors (Lipinski definition) is 4. The van der Waals surface area contributed by atoms with Gasteiger partial charge in [-0.05, 0) is 32.0 Å². The van der Waals surface area contributed by atoms with Crippen LogP contribution in [0.4, 0.5) is 10.1 Å². The summed E-state index contributed by atoms with van der Waals surface area (Å²) in [6, 6.07) is 4.64. The maximum atomic E-state index is 13.8. The minimum Gasteiger partial charge on any atom is -0.488 e. The quantitative estimate of drug-likeness (QED) is 0.905. The monoisotopic (exact) mass is 247 g/mol. The molecule has 0 saturated heterocycles. The van der Waals surface area contributed by atoms with E-state index in [1.807, 2.05) is 13.8 Å². The molecule has 5 heteroatoms. The molecule has 0 aliphatic heterocycles. The molecule has 0 fully saturated rings. The normalized spacial score (nSPS) is 10.7. The fourth-order valence-corrected chi connectivity index (χ4v) is 1.48. The van der Waals surface area contributed by atoms with E-state index < -0.39 is 5.82 Å². The van der Waals surface area contributed by atoms with Gasteiger partial charge in [-0.3, -0.25) is 0 Å². The van der Waals surface area contributed by atoms with Crippen LogP contribution in [-0.2, 0) is 0 Å². The van der Waals surface area contributed by atoms with Crippen molar-refractivity contribution in [3.05, 3.63) is 36.4 Å². The molecule has 0 aliphatic rings. The Balaban J connectivity index is 2.31. The number of nitrogens with zero attached hydrogens (tertiary/aromatic N) is 2. The van der Waals surface area contributed by atoms with Crippen LogP contribution in [0.15, 0.2) is 30.6 Å². The van der Waals surface area contributed by atoms with E-state index in [4.69, 9.17) is 10.5 Å². The van der Waals surface area contributed by atoms with Crippen molar-refractivity contribution < 1.29 is 9.13 Å². The van der Waals surface area contributed by atoms with Crippen molar-refractivity contribution in [1.29, 1.82) is 0 Å². The Bertz CT molecular complexity index is 540. The third-order valence-electron chi connectivity index (χ3n) is 2.22. The van der Waals surface area contributed by atoms with Crippen LogP contribution in [0.2, 0.25) is 0 Å². The largest absolute Gasteiger partial charge is 0.488 e. The van der Waals surface area contributed by atoms with E-state index in [1.165, 1.54) is 18.5 Å². The van der Waals surface area contributed by atoms with Crippen LogP contribution in [0.1, 0.15) is 13.8 Å². The molecule has 4 nitrogen and oxygen atoms in total. The standard InChI is InChI=1S/C13H14FN3O/c1-8(2)18-12-4-3-9(5-11(12)14)13-16-6-10(15)7-17-13/h3-8H,15H2,1-2H3. The number of ether oxygens (including phenoxy) is 1. The molecule has 0 amide bonds. The molecular formula is C13H14FN3O. The van der Waals surface area contributed by atoms with E-state index in [0.29, 0.717) is 17.1 Å². The maximum absolute atomic E-state index is 13.8.